The van der Waals surface area contributed by atoms with Crippen molar-refractivity contribution in [2.45, 2.75) is 45.7 Å². The second kappa shape index (κ2) is 4.72. The number of nitrogens with one attached hydrogen (secondary N) is 1. The molecule has 16 heavy (non-hydrogen) atoms. The van der Waals surface area contributed by atoms with Gasteiger partial charge < -0.3 is 15.0 Å². The molecule has 4 heteroatoms. The van der Waals surface area contributed by atoms with Gasteiger partial charge in [0.2, 0.25) is 5.91 Å². The van der Waals surface area contributed by atoms with E-state index in [1.807, 2.05) is 39.5 Å². The third-order valence-corrected chi connectivity index (χ3v) is 3.04. The highest BCUT2D eigenvalue weighted by atomic mass is 16.5. The third-order valence-electron chi connectivity index (χ3n) is 3.04. The molecule has 1 fully saturated rings. The van der Waals surface area contributed by atoms with E-state index in [0.29, 0.717) is 19.8 Å². The zero-order valence-electron chi connectivity index (χ0n) is 11.1. The van der Waals surface area contributed by atoms with Crippen molar-refractivity contribution in [2.75, 3.05) is 26.3 Å². The molecular weight excluding hydrogens is 204 g/mol. The van der Waals surface area contributed by atoms with Crippen LogP contribution >= 0.6 is 0 Å². The van der Waals surface area contributed by atoms with Gasteiger partial charge in [-0.25, -0.2) is 0 Å². The van der Waals surface area contributed by atoms with Crippen molar-refractivity contribution in [1.82, 2.24) is 10.2 Å². The average Bonchev–Trinajstić information content (AvgIpc) is 2.16. The first-order valence-corrected chi connectivity index (χ1v) is 5.96. The Morgan fingerprint density at radius 3 is 2.62 bits per heavy atom. The Kier molecular flexibility index (Phi) is 3.97. The molecule has 0 unspecified atom stereocenters. The molecule has 0 aromatic heterocycles. The molecule has 1 heterocycles. The molecule has 4 nitrogen and oxygen atoms in total. The molecule has 1 rings (SSSR count). The standard InChI is InChI=1S/C12H24N2O2/c1-6-13-12(4,5)10(15)14-7-8-16-9-11(14,2)3/h13H,6-9H2,1-5H3. The van der Waals surface area contributed by atoms with Gasteiger partial charge in [-0.2, -0.15) is 0 Å². The lowest BCUT2D eigenvalue weighted by Crippen LogP contribution is -2.63. The Hall–Kier alpha value is -0.610. The van der Waals surface area contributed by atoms with E-state index in [1.54, 1.807) is 0 Å². The Morgan fingerprint density at radius 1 is 1.50 bits per heavy atom. The second-order valence-corrected chi connectivity index (χ2v) is 5.48. The molecule has 1 aliphatic rings. The van der Waals surface area contributed by atoms with Crippen LogP contribution in [0.25, 0.3) is 0 Å². The fourth-order valence-corrected chi connectivity index (χ4v) is 2.09. The van der Waals surface area contributed by atoms with Gasteiger partial charge in [0.05, 0.1) is 24.3 Å². The summed E-state index contributed by atoms with van der Waals surface area (Å²) in [6.07, 6.45) is 0. The van der Waals surface area contributed by atoms with E-state index in [2.05, 4.69) is 5.32 Å². The molecule has 0 spiro atoms. The maximum absolute atomic E-state index is 12.4. The van der Waals surface area contributed by atoms with E-state index >= 15 is 0 Å². The topological polar surface area (TPSA) is 41.6 Å². The molecule has 0 atom stereocenters. The first kappa shape index (κ1) is 13.5. The lowest BCUT2D eigenvalue weighted by atomic mass is 9.96. The Labute approximate surface area is 98.3 Å². The summed E-state index contributed by atoms with van der Waals surface area (Å²) in [5.74, 6) is 0.155. The number of carbonyl (C=O) groups excluding carboxylic acids is 1. The molecule has 0 bridgehead atoms. The van der Waals surface area contributed by atoms with E-state index in [9.17, 15) is 4.79 Å². The predicted molar refractivity (Wildman–Crippen MR) is 64.4 cm³/mol. The van der Waals surface area contributed by atoms with Gasteiger partial charge in [0.1, 0.15) is 0 Å². The van der Waals surface area contributed by atoms with Crippen molar-refractivity contribution in [1.29, 1.82) is 0 Å². The summed E-state index contributed by atoms with van der Waals surface area (Å²) < 4.78 is 5.42. The average molecular weight is 228 g/mol. The van der Waals surface area contributed by atoms with Crippen LogP contribution in [0.15, 0.2) is 0 Å². The SMILES string of the molecule is CCNC(C)(C)C(=O)N1CCOCC1(C)C. The minimum absolute atomic E-state index is 0.155. The van der Waals surface area contributed by atoms with Gasteiger partial charge in [0, 0.05) is 6.54 Å². The van der Waals surface area contributed by atoms with Crippen LogP contribution < -0.4 is 5.32 Å². The zero-order chi connectivity index (χ0) is 12.4. The van der Waals surface area contributed by atoms with Crippen LogP contribution in [0.1, 0.15) is 34.6 Å². The molecule has 1 aliphatic heterocycles. The summed E-state index contributed by atoms with van der Waals surface area (Å²) in [6, 6.07) is 0. The lowest BCUT2D eigenvalue weighted by molar-refractivity contribution is -0.152. The first-order chi connectivity index (χ1) is 7.31. The van der Waals surface area contributed by atoms with Gasteiger partial charge in [-0.15, -0.1) is 0 Å². The van der Waals surface area contributed by atoms with Crippen LogP contribution in [-0.2, 0) is 9.53 Å². The van der Waals surface area contributed by atoms with Crippen LogP contribution in [0.4, 0.5) is 0 Å². The number of nitrogens with zero attached hydrogens (tertiary/aromatic N) is 1. The molecule has 1 amide bonds. The fourth-order valence-electron chi connectivity index (χ4n) is 2.09. The van der Waals surface area contributed by atoms with Crippen molar-refractivity contribution in [3.8, 4) is 0 Å². The van der Waals surface area contributed by atoms with Crippen molar-refractivity contribution in [3.63, 3.8) is 0 Å². The number of rotatable bonds is 3. The molecule has 0 aromatic rings. The summed E-state index contributed by atoms with van der Waals surface area (Å²) in [6.45, 7) is 12.7. The van der Waals surface area contributed by atoms with Gasteiger partial charge in [-0.3, -0.25) is 4.79 Å². The number of carbonyl (C=O) groups is 1. The minimum Gasteiger partial charge on any atom is -0.377 e. The van der Waals surface area contributed by atoms with E-state index in [4.69, 9.17) is 4.74 Å². The minimum atomic E-state index is -0.497. The summed E-state index contributed by atoms with van der Waals surface area (Å²) in [5.41, 5.74) is -0.703. The van der Waals surface area contributed by atoms with Crippen LogP contribution in [0.5, 0.6) is 0 Å². The van der Waals surface area contributed by atoms with Crippen molar-refractivity contribution in [3.05, 3.63) is 0 Å². The molecule has 1 N–H and O–H groups in total. The van der Waals surface area contributed by atoms with Gasteiger partial charge in [0.25, 0.3) is 0 Å². The third kappa shape index (κ3) is 2.74. The highest BCUT2D eigenvalue weighted by Gasteiger charge is 2.40. The zero-order valence-corrected chi connectivity index (χ0v) is 11.1. The van der Waals surface area contributed by atoms with Gasteiger partial charge >= 0.3 is 0 Å². The maximum Gasteiger partial charge on any atom is 0.242 e. The normalized spacial score (nSPS) is 20.9. The van der Waals surface area contributed by atoms with Crippen LogP contribution in [0.2, 0.25) is 0 Å². The number of likely N-dealkylation sites (N-methyl/N-ethyl adjacent to an activating group) is 1. The molecule has 0 aliphatic carbocycles. The van der Waals surface area contributed by atoms with Gasteiger partial charge in [-0.1, -0.05) is 6.92 Å². The summed E-state index contributed by atoms with van der Waals surface area (Å²) in [5, 5.41) is 3.22. The predicted octanol–water partition coefficient (Wildman–Crippen LogP) is 1.01. The van der Waals surface area contributed by atoms with Crippen molar-refractivity contribution in [2.24, 2.45) is 0 Å². The van der Waals surface area contributed by atoms with Gasteiger partial charge in [-0.05, 0) is 34.2 Å². The molecule has 1 saturated heterocycles. The molecule has 0 aromatic carbocycles. The summed E-state index contributed by atoms with van der Waals surface area (Å²) >= 11 is 0. The highest BCUT2D eigenvalue weighted by Crippen LogP contribution is 2.22. The Bertz CT molecular complexity index is 262. The lowest BCUT2D eigenvalue weighted by Gasteiger charge is -2.45. The van der Waals surface area contributed by atoms with E-state index in [-0.39, 0.29) is 11.4 Å². The Morgan fingerprint density at radius 2 is 2.12 bits per heavy atom. The van der Waals surface area contributed by atoms with Crippen molar-refractivity contribution < 1.29 is 9.53 Å². The van der Waals surface area contributed by atoms with E-state index in [1.165, 1.54) is 0 Å². The van der Waals surface area contributed by atoms with Crippen LogP contribution in [0, 0.1) is 0 Å². The number of hydrogen-bond acceptors (Lipinski definition) is 3. The smallest absolute Gasteiger partial charge is 0.242 e. The summed E-state index contributed by atoms with van der Waals surface area (Å²) in [4.78, 5) is 14.4. The quantitative estimate of drug-likeness (QED) is 0.784. The van der Waals surface area contributed by atoms with E-state index in [0.717, 1.165) is 6.54 Å². The monoisotopic (exact) mass is 228 g/mol. The molecule has 94 valence electrons. The summed E-state index contributed by atoms with van der Waals surface area (Å²) in [7, 11) is 0. The molecular formula is C12H24N2O2. The van der Waals surface area contributed by atoms with Crippen LogP contribution in [0.3, 0.4) is 0 Å². The molecule has 0 saturated carbocycles. The van der Waals surface area contributed by atoms with E-state index < -0.39 is 5.54 Å². The fraction of sp³-hybridized carbons (Fsp3) is 0.917. The first-order valence-electron chi connectivity index (χ1n) is 5.96. The number of amides is 1. The van der Waals surface area contributed by atoms with Gasteiger partial charge in [0.15, 0.2) is 0 Å². The van der Waals surface area contributed by atoms with Crippen molar-refractivity contribution >= 4 is 5.91 Å². The number of hydrogen-bond donors (Lipinski definition) is 1. The van der Waals surface area contributed by atoms with Crippen LogP contribution in [-0.4, -0.2) is 48.2 Å². The highest BCUT2D eigenvalue weighted by molar-refractivity contribution is 5.86. The number of morpholine rings is 1. The molecule has 0 radical (unpaired) electrons. The Balaban J connectivity index is 2.79. The second-order valence-electron chi connectivity index (χ2n) is 5.48. The largest absolute Gasteiger partial charge is 0.377 e. The maximum atomic E-state index is 12.4. The number of ether oxygens (including phenoxy) is 1.